The molecular formula is C25H40O4. The molecule has 1 atom stereocenters. The number of aliphatic carboxylic acids is 1. The van der Waals surface area contributed by atoms with Gasteiger partial charge in [-0.2, -0.15) is 0 Å². The van der Waals surface area contributed by atoms with E-state index in [0.29, 0.717) is 12.0 Å². The van der Waals surface area contributed by atoms with Crippen LogP contribution in [-0.4, -0.2) is 22.2 Å². The molecule has 0 aliphatic heterocycles. The number of hydrogen-bond donors (Lipinski definition) is 2. The van der Waals surface area contributed by atoms with Crippen LogP contribution in [0.15, 0.2) is 24.3 Å². The smallest absolute Gasteiger partial charge is 0.335 e. The Hall–Kier alpha value is -1.84. The molecule has 0 saturated heterocycles. The van der Waals surface area contributed by atoms with Crippen LogP contribution in [0.2, 0.25) is 0 Å². The molecule has 29 heavy (non-hydrogen) atoms. The molecule has 0 aromatic heterocycles. The fourth-order valence-corrected chi connectivity index (χ4v) is 3.95. The Morgan fingerprint density at radius 2 is 1.17 bits per heavy atom. The molecule has 0 amide bonds. The van der Waals surface area contributed by atoms with Crippen molar-refractivity contribution in [2.75, 3.05) is 0 Å². The Labute approximate surface area is 176 Å². The number of aromatic carboxylic acids is 1. The maximum absolute atomic E-state index is 11.6. The summed E-state index contributed by atoms with van der Waals surface area (Å²) in [7, 11) is 0. The van der Waals surface area contributed by atoms with Crippen LogP contribution in [0.5, 0.6) is 0 Å². The number of benzene rings is 1. The maximum atomic E-state index is 11.6. The fraction of sp³-hybridized carbons (Fsp3) is 0.680. The van der Waals surface area contributed by atoms with Crippen molar-refractivity contribution in [3.8, 4) is 0 Å². The maximum Gasteiger partial charge on any atom is 0.335 e. The zero-order valence-electron chi connectivity index (χ0n) is 18.2. The van der Waals surface area contributed by atoms with Crippen molar-refractivity contribution in [3.05, 3.63) is 35.4 Å². The Morgan fingerprint density at radius 1 is 0.724 bits per heavy atom. The number of hydrogen-bond acceptors (Lipinski definition) is 2. The van der Waals surface area contributed by atoms with Gasteiger partial charge in [0, 0.05) is 0 Å². The van der Waals surface area contributed by atoms with Crippen LogP contribution < -0.4 is 0 Å². The third-order valence-electron chi connectivity index (χ3n) is 5.71. The summed E-state index contributed by atoms with van der Waals surface area (Å²) in [5, 5.41) is 18.8. The Kier molecular flexibility index (Phi) is 13.9. The molecule has 0 spiro atoms. The van der Waals surface area contributed by atoms with E-state index in [9.17, 15) is 19.8 Å². The first-order valence-electron chi connectivity index (χ1n) is 11.6. The lowest BCUT2D eigenvalue weighted by Gasteiger charge is -2.15. The average Bonchev–Trinajstić information content (AvgIpc) is 2.70. The van der Waals surface area contributed by atoms with Crippen molar-refractivity contribution in [3.63, 3.8) is 0 Å². The Morgan fingerprint density at radius 3 is 1.62 bits per heavy atom. The predicted molar refractivity (Wildman–Crippen MR) is 119 cm³/mol. The van der Waals surface area contributed by atoms with Crippen LogP contribution in [0.25, 0.3) is 0 Å². The molecule has 4 nitrogen and oxygen atoms in total. The van der Waals surface area contributed by atoms with Gasteiger partial charge < -0.3 is 10.2 Å². The van der Waals surface area contributed by atoms with E-state index >= 15 is 0 Å². The largest absolute Gasteiger partial charge is 0.481 e. The standard InChI is InChI=1S/C25H40O4/c1-2-3-4-5-6-7-8-9-10-11-12-13-14-15-19-22(24(26)27)21-18-16-17-20-23(21)25(28)29/h16-18,20,22H,2-15,19H2,1H3,(H,26,27)(H,28,29). The van der Waals surface area contributed by atoms with Gasteiger partial charge in [0.2, 0.25) is 0 Å². The van der Waals surface area contributed by atoms with E-state index in [4.69, 9.17) is 0 Å². The molecule has 0 bridgehead atoms. The summed E-state index contributed by atoms with van der Waals surface area (Å²) in [6.45, 7) is 2.25. The van der Waals surface area contributed by atoms with Gasteiger partial charge >= 0.3 is 11.9 Å². The number of rotatable bonds is 18. The van der Waals surface area contributed by atoms with Crippen molar-refractivity contribution < 1.29 is 19.8 Å². The molecular weight excluding hydrogens is 364 g/mol. The Bertz CT molecular complexity index is 582. The third kappa shape index (κ3) is 11.1. The number of carbonyl (C=O) groups is 2. The quantitative estimate of drug-likeness (QED) is 0.250. The second kappa shape index (κ2) is 16.0. The minimum atomic E-state index is -1.06. The zero-order chi connectivity index (χ0) is 21.3. The second-order valence-corrected chi connectivity index (χ2v) is 8.17. The molecule has 1 rings (SSSR count). The minimum absolute atomic E-state index is 0.102. The highest BCUT2D eigenvalue weighted by Crippen LogP contribution is 2.26. The van der Waals surface area contributed by atoms with E-state index in [-0.39, 0.29) is 5.56 Å². The van der Waals surface area contributed by atoms with E-state index in [0.717, 1.165) is 19.3 Å². The van der Waals surface area contributed by atoms with Crippen LogP contribution in [0.4, 0.5) is 0 Å². The molecule has 1 aromatic carbocycles. The molecule has 1 aromatic rings. The van der Waals surface area contributed by atoms with Gasteiger partial charge in [0.1, 0.15) is 0 Å². The first-order chi connectivity index (χ1) is 14.1. The highest BCUT2D eigenvalue weighted by molar-refractivity contribution is 5.92. The highest BCUT2D eigenvalue weighted by atomic mass is 16.4. The lowest BCUT2D eigenvalue weighted by atomic mass is 9.89. The lowest BCUT2D eigenvalue weighted by Crippen LogP contribution is -2.15. The van der Waals surface area contributed by atoms with E-state index in [2.05, 4.69) is 6.92 Å². The van der Waals surface area contributed by atoms with E-state index in [1.807, 2.05) is 0 Å². The van der Waals surface area contributed by atoms with Crippen molar-refractivity contribution in [2.45, 2.75) is 109 Å². The van der Waals surface area contributed by atoms with E-state index in [1.165, 1.54) is 76.7 Å². The molecule has 0 radical (unpaired) electrons. The van der Waals surface area contributed by atoms with Crippen molar-refractivity contribution >= 4 is 11.9 Å². The Balaban J connectivity index is 2.13. The van der Waals surface area contributed by atoms with Crippen LogP contribution in [0.1, 0.15) is 125 Å². The van der Waals surface area contributed by atoms with Crippen LogP contribution in [0.3, 0.4) is 0 Å². The number of carboxylic acids is 2. The van der Waals surface area contributed by atoms with Gasteiger partial charge in [-0.1, -0.05) is 115 Å². The summed E-state index contributed by atoms with van der Waals surface area (Å²) < 4.78 is 0. The van der Waals surface area contributed by atoms with Gasteiger partial charge in [-0.15, -0.1) is 0 Å². The summed E-state index contributed by atoms with van der Waals surface area (Å²) in [6.07, 6.45) is 18.2. The summed E-state index contributed by atoms with van der Waals surface area (Å²) in [5.74, 6) is -2.74. The van der Waals surface area contributed by atoms with Crippen LogP contribution in [-0.2, 0) is 4.79 Å². The third-order valence-corrected chi connectivity index (χ3v) is 5.71. The van der Waals surface area contributed by atoms with Crippen molar-refractivity contribution in [1.82, 2.24) is 0 Å². The highest BCUT2D eigenvalue weighted by Gasteiger charge is 2.24. The molecule has 1 unspecified atom stereocenters. The molecule has 164 valence electrons. The van der Waals surface area contributed by atoms with Crippen LogP contribution >= 0.6 is 0 Å². The number of unbranched alkanes of at least 4 members (excludes halogenated alkanes) is 13. The van der Waals surface area contributed by atoms with Crippen molar-refractivity contribution in [2.24, 2.45) is 0 Å². The predicted octanol–water partition coefficient (Wildman–Crippen LogP) is 7.42. The molecule has 0 aliphatic carbocycles. The second-order valence-electron chi connectivity index (χ2n) is 8.17. The first-order valence-corrected chi connectivity index (χ1v) is 11.6. The fourth-order valence-electron chi connectivity index (χ4n) is 3.95. The van der Waals surface area contributed by atoms with Crippen LogP contribution in [0, 0.1) is 0 Å². The monoisotopic (exact) mass is 404 g/mol. The average molecular weight is 405 g/mol. The summed E-state index contributed by atoms with van der Waals surface area (Å²) in [5.41, 5.74) is 0.521. The number of carboxylic acid groups (broad SMARTS) is 2. The summed E-state index contributed by atoms with van der Waals surface area (Å²) in [6, 6.07) is 6.46. The van der Waals surface area contributed by atoms with Gasteiger partial charge in [-0.05, 0) is 18.1 Å². The van der Waals surface area contributed by atoms with Gasteiger partial charge in [-0.25, -0.2) is 4.79 Å². The lowest BCUT2D eigenvalue weighted by molar-refractivity contribution is -0.139. The molecule has 4 heteroatoms. The van der Waals surface area contributed by atoms with Gasteiger partial charge in [0.25, 0.3) is 0 Å². The summed E-state index contributed by atoms with van der Waals surface area (Å²) >= 11 is 0. The first kappa shape index (κ1) is 25.2. The van der Waals surface area contributed by atoms with Crippen molar-refractivity contribution in [1.29, 1.82) is 0 Å². The van der Waals surface area contributed by atoms with Gasteiger partial charge in [0.15, 0.2) is 0 Å². The molecule has 0 saturated carbocycles. The zero-order valence-corrected chi connectivity index (χ0v) is 18.2. The van der Waals surface area contributed by atoms with E-state index < -0.39 is 17.9 Å². The SMILES string of the molecule is CCCCCCCCCCCCCCCCC(C(=O)O)c1ccccc1C(=O)O. The summed E-state index contributed by atoms with van der Waals surface area (Å²) in [4.78, 5) is 23.0. The minimum Gasteiger partial charge on any atom is -0.481 e. The molecule has 0 fully saturated rings. The topological polar surface area (TPSA) is 74.6 Å². The van der Waals surface area contributed by atoms with Gasteiger partial charge in [0.05, 0.1) is 11.5 Å². The van der Waals surface area contributed by atoms with E-state index in [1.54, 1.807) is 18.2 Å². The molecule has 0 aliphatic rings. The molecule has 2 N–H and O–H groups in total. The molecule has 0 heterocycles. The normalized spacial score (nSPS) is 12.0. The van der Waals surface area contributed by atoms with Gasteiger partial charge in [-0.3, -0.25) is 4.79 Å².